The van der Waals surface area contributed by atoms with Gasteiger partial charge in [0, 0.05) is 20.2 Å². The minimum atomic E-state index is -3.15. The van der Waals surface area contributed by atoms with E-state index in [2.05, 4.69) is 47.2 Å². The average molecular weight is 721 g/mol. The third-order valence-corrected chi connectivity index (χ3v) is 9.30. The van der Waals surface area contributed by atoms with Gasteiger partial charge in [-0.1, -0.05) is 73.5 Å². The second-order valence-electron chi connectivity index (χ2n) is 12.3. The summed E-state index contributed by atoms with van der Waals surface area (Å²) in [6.45, 7) is 3.96. The number of carbonyl (C=O) groups is 2. The quantitative estimate of drug-likeness (QED) is 0.0515. The number of β-lactam (4-membered cyclic amide) rings is 1. The lowest BCUT2D eigenvalue weighted by Gasteiger charge is -2.47. The Morgan fingerprint density at radius 2 is 1.54 bits per heavy atom. The second-order valence-corrected chi connectivity index (χ2v) is 14.2. The number of benzene rings is 2. The van der Waals surface area contributed by atoms with E-state index in [-0.39, 0.29) is 29.6 Å². The summed E-state index contributed by atoms with van der Waals surface area (Å²) in [5.41, 5.74) is 4.51. The molecule has 12 heteroatoms. The Balaban J connectivity index is 0.00000237. The monoisotopic (exact) mass is 720 g/mol. The Labute approximate surface area is 297 Å². The van der Waals surface area contributed by atoms with Crippen LogP contribution in [0.2, 0.25) is 0 Å². The second kappa shape index (κ2) is 24.7. The predicted octanol–water partition coefficient (Wildman–Crippen LogP) is 5.54. The Morgan fingerprint density at radius 1 is 0.960 bits per heavy atom. The lowest BCUT2D eigenvalue weighted by molar-refractivity contribution is -0.156. The Morgan fingerprint density at radius 3 is 2.10 bits per heavy atom. The molecule has 2 aromatic carbocycles. The highest BCUT2D eigenvalue weighted by atomic mass is 32.2. The number of nitrogens with zero attached hydrogens (tertiary/aromatic N) is 1. The molecule has 10 nitrogen and oxygen atoms in total. The van der Waals surface area contributed by atoms with E-state index < -0.39 is 22.8 Å². The van der Waals surface area contributed by atoms with E-state index in [9.17, 15) is 22.4 Å². The van der Waals surface area contributed by atoms with Crippen molar-refractivity contribution in [2.45, 2.75) is 84.1 Å². The van der Waals surface area contributed by atoms with Gasteiger partial charge in [-0.2, -0.15) is 0 Å². The summed E-state index contributed by atoms with van der Waals surface area (Å²) >= 11 is 0. The molecule has 2 unspecified atom stereocenters. The number of sulfonamides is 1. The van der Waals surface area contributed by atoms with Crippen LogP contribution in [0.5, 0.6) is 0 Å². The number of carbonyl (C=O) groups excluding carboxylic acids is 1. The molecule has 280 valence electrons. The molecule has 1 saturated heterocycles. The van der Waals surface area contributed by atoms with Gasteiger partial charge in [0.25, 0.3) is 0 Å². The number of allylic oxidation sites excluding steroid dienone is 3. The number of carboxylic acid groups (broad SMARTS) is 1. The first-order valence-corrected chi connectivity index (χ1v) is 19.1. The van der Waals surface area contributed by atoms with Gasteiger partial charge in [-0.05, 0) is 93.5 Å². The summed E-state index contributed by atoms with van der Waals surface area (Å²) in [5.74, 6) is -1.33. The van der Waals surface area contributed by atoms with Crippen molar-refractivity contribution in [1.29, 1.82) is 0 Å². The number of hydrogen-bond acceptors (Lipinski definition) is 7. The summed E-state index contributed by atoms with van der Waals surface area (Å²) in [6, 6.07) is 14.9. The fraction of sp³-hybridized carbons (Fsp3) is 0.526. The number of aliphatic hydroxyl groups excluding tert-OH is 2. The van der Waals surface area contributed by atoms with E-state index in [0.717, 1.165) is 81.6 Å². The Kier molecular flexibility index (Phi) is 22.0. The number of nitrogens with one attached hydrogen (secondary N) is 1. The molecule has 0 aliphatic carbocycles. The number of rotatable bonds is 20. The minimum absolute atomic E-state index is 0.0205. The number of unbranched alkanes of at least 4 members (excludes halogenated alkanes) is 2. The maximum absolute atomic E-state index is 13.4. The van der Waals surface area contributed by atoms with E-state index in [4.69, 9.17) is 20.4 Å². The summed E-state index contributed by atoms with van der Waals surface area (Å²) in [4.78, 5) is 26.4. The Hall–Kier alpha value is -3.42. The summed E-state index contributed by atoms with van der Waals surface area (Å²) < 4.78 is 38.2. The van der Waals surface area contributed by atoms with Crippen molar-refractivity contribution in [2.24, 2.45) is 11.8 Å². The molecule has 3 rings (SSSR count). The highest BCUT2D eigenvalue weighted by Crippen LogP contribution is 2.43. The highest BCUT2D eigenvalue weighted by molar-refractivity contribution is 7.88. The van der Waals surface area contributed by atoms with Crippen LogP contribution >= 0.6 is 0 Å². The largest absolute Gasteiger partial charge is 0.481 e. The smallest absolute Gasteiger partial charge is 0.306 e. The fourth-order valence-corrected chi connectivity index (χ4v) is 6.36. The Bertz CT molecular complexity index is 1430. The zero-order chi connectivity index (χ0) is 37.5. The number of halogens is 1. The van der Waals surface area contributed by atoms with Gasteiger partial charge in [0.15, 0.2) is 0 Å². The van der Waals surface area contributed by atoms with Crippen molar-refractivity contribution in [3.63, 3.8) is 0 Å². The molecule has 2 aromatic rings. The fourth-order valence-electron chi connectivity index (χ4n) is 5.84. The summed E-state index contributed by atoms with van der Waals surface area (Å²) in [5, 5.41) is 30.4. The third kappa shape index (κ3) is 17.0. The summed E-state index contributed by atoms with van der Waals surface area (Å²) in [6.07, 6.45) is 15.6. The van der Waals surface area contributed by atoms with Gasteiger partial charge in [-0.3, -0.25) is 9.59 Å². The van der Waals surface area contributed by atoms with Crippen molar-refractivity contribution >= 4 is 21.9 Å². The zero-order valence-corrected chi connectivity index (χ0v) is 30.7. The van der Waals surface area contributed by atoms with Crippen LogP contribution in [0.1, 0.15) is 87.9 Å². The highest BCUT2D eigenvalue weighted by Gasteiger charge is 2.46. The number of aliphatic carboxylic acids is 1. The molecule has 3 atom stereocenters. The van der Waals surface area contributed by atoms with Crippen LogP contribution in [-0.4, -0.2) is 78.9 Å². The number of carboxylic acids is 1. The molecule has 0 radical (unpaired) electrons. The molecular weight excluding hydrogens is 663 g/mol. The van der Waals surface area contributed by atoms with Gasteiger partial charge in [0.2, 0.25) is 15.9 Å². The summed E-state index contributed by atoms with van der Waals surface area (Å²) in [7, 11) is -2.15. The molecule has 5 N–H and O–H groups in total. The van der Waals surface area contributed by atoms with Crippen LogP contribution < -0.4 is 4.72 Å². The van der Waals surface area contributed by atoms with Crippen molar-refractivity contribution in [3.8, 4) is 0 Å². The van der Waals surface area contributed by atoms with E-state index >= 15 is 0 Å². The van der Waals surface area contributed by atoms with E-state index in [1.54, 1.807) is 19.1 Å². The molecule has 0 spiro atoms. The number of amides is 1. The van der Waals surface area contributed by atoms with Gasteiger partial charge < -0.3 is 25.3 Å². The van der Waals surface area contributed by atoms with Crippen LogP contribution in [-0.2, 0) is 32.5 Å². The van der Waals surface area contributed by atoms with E-state index in [0.29, 0.717) is 19.5 Å². The molecule has 0 saturated carbocycles. The molecular formula is C38H57FN2O8S. The minimum Gasteiger partial charge on any atom is -0.481 e. The lowest BCUT2D eigenvalue weighted by Crippen LogP contribution is -2.54. The maximum Gasteiger partial charge on any atom is 0.306 e. The number of aryl methyl sites for hydroxylation is 2. The van der Waals surface area contributed by atoms with Crippen molar-refractivity contribution in [1.82, 2.24) is 9.62 Å². The van der Waals surface area contributed by atoms with E-state index in [1.807, 2.05) is 11.8 Å². The molecule has 1 amide bonds. The van der Waals surface area contributed by atoms with E-state index in [1.165, 1.54) is 24.0 Å². The third-order valence-electron chi connectivity index (χ3n) is 8.57. The molecule has 50 heavy (non-hydrogen) atoms. The van der Waals surface area contributed by atoms with Crippen LogP contribution in [0, 0.1) is 17.7 Å². The number of aliphatic hydroxyl groups is 3. The van der Waals surface area contributed by atoms with Crippen molar-refractivity contribution in [3.05, 3.63) is 94.8 Å². The molecule has 0 bridgehead atoms. The molecule has 0 aromatic heterocycles. The van der Waals surface area contributed by atoms with Gasteiger partial charge >= 0.3 is 5.97 Å². The number of likely N-dealkylation sites (tertiary alicyclic amines) is 1. The van der Waals surface area contributed by atoms with Crippen molar-refractivity contribution < 1.29 is 42.8 Å². The molecule has 1 heterocycles. The molecule has 1 aliphatic heterocycles. The normalized spacial score (nSPS) is 16.6. The first-order valence-electron chi connectivity index (χ1n) is 17.2. The average Bonchev–Trinajstić information content (AvgIpc) is 3.09. The molecule has 1 fully saturated rings. The first-order chi connectivity index (χ1) is 23.9. The first kappa shape index (κ1) is 44.6. The standard InChI is InChI=1S/C36H49FN2O5S.CH4O2.CH4O/c1-4-28(12-6-5-7-25-38-45(3,43)44)15-10-26-39-34(31-21-17-29(18-22-31)13-8-11-27(2)36(41)42)33(35(39)40)16-9-14-30-19-23-32(37)24-20-30;2-1-3;1-2/h4,10,15,17-24,27,33-34,38H,5-9,11-14,16,25-26H2,1-3H3,(H,41,42);2-3H,1H2;2H,1H3/b15-10-,28-4-;;/t27?,33-,34?;;/m1../s1. The van der Waals surface area contributed by atoms with Crippen LogP contribution in [0.15, 0.2) is 72.3 Å². The zero-order valence-electron chi connectivity index (χ0n) is 29.9. The van der Waals surface area contributed by atoms with Crippen LogP contribution in [0.4, 0.5) is 4.39 Å². The number of hydrogen-bond donors (Lipinski definition) is 5. The lowest BCUT2D eigenvalue weighted by atomic mass is 9.78. The van der Waals surface area contributed by atoms with Crippen LogP contribution in [0.3, 0.4) is 0 Å². The SMILES string of the molecule is C/C=C(\C=C/CN1C(=O)[C@H](CCCc2ccc(F)cc2)C1c1ccc(CCCC(C)C(=O)O)cc1)CCCCCNS(C)(=O)=O.CO.OCO. The van der Waals surface area contributed by atoms with Crippen LogP contribution in [0.25, 0.3) is 0 Å². The van der Waals surface area contributed by atoms with Gasteiger partial charge in [0.05, 0.1) is 24.1 Å². The van der Waals surface area contributed by atoms with Gasteiger partial charge in [0.1, 0.15) is 12.6 Å². The topological polar surface area (TPSA) is 164 Å². The molecule has 1 aliphatic rings. The predicted molar refractivity (Wildman–Crippen MR) is 195 cm³/mol. The van der Waals surface area contributed by atoms with Gasteiger partial charge in [-0.25, -0.2) is 17.5 Å². The maximum atomic E-state index is 13.4. The van der Waals surface area contributed by atoms with Crippen molar-refractivity contribution in [2.75, 3.05) is 33.2 Å². The van der Waals surface area contributed by atoms with Gasteiger partial charge in [-0.15, -0.1) is 0 Å².